The maximum atomic E-state index is 14.2. The molecular formula is C35H54O6. The van der Waals surface area contributed by atoms with Crippen LogP contribution in [-0.2, 0) is 6.42 Å². The quantitative estimate of drug-likeness (QED) is 0.280. The average molecular weight is 571 g/mol. The highest BCUT2D eigenvalue weighted by Gasteiger charge is 2.30. The second-order valence-electron chi connectivity index (χ2n) is 15.5. The molecule has 0 unspecified atom stereocenters. The lowest BCUT2D eigenvalue weighted by atomic mass is 9.98. The molecule has 0 atom stereocenters. The van der Waals surface area contributed by atoms with E-state index in [1.807, 2.05) is 128 Å². The standard InChI is InChI=1S/C35H54O6/c1-31(2,3)37-24-17-19-26(38-32(4,5)6)23(22-24)16-18-25(36)29-27(39-33(7,8)9)20-21-28(40-34(10,11)12)30(29)41-35(13,14)15/h17,19-22H,16,18H2,1-15H3. The molecule has 0 saturated carbocycles. The number of carbonyl (C=O) groups excluding carboxylic acids is 1. The van der Waals surface area contributed by atoms with Crippen molar-refractivity contribution in [2.45, 2.75) is 145 Å². The Labute approximate surface area is 249 Å². The molecule has 0 aliphatic heterocycles. The van der Waals surface area contributed by atoms with E-state index in [0.717, 1.165) is 17.1 Å². The van der Waals surface area contributed by atoms with Crippen molar-refractivity contribution in [3.8, 4) is 28.7 Å². The topological polar surface area (TPSA) is 63.2 Å². The molecule has 0 radical (unpaired) electrons. The van der Waals surface area contributed by atoms with Gasteiger partial charge in [0, 0.05) is 6.42 Å². The molecule has 0 bridgehead atoms. The highest BCUT2D eigenvalue weighted by Crippen LogP contribution is 2.43. The maximum absolute atomic E-state index is 14.2. The van der Waals surface area contributed by atoms with Crippen LogP contribution in [0.2, 0.25) is 0 Å². The summed E-state index contributed by atoms with van der Waals surface area (Å²) in [6.45, 7) is 29.7. The lowest BCUT2D eigenvalue weighted by molar-refractivity contribution is 0.0846. The molecule has 6 heteroatoms. The zero-order valence-corrected chi connectivity index (χ0v) is 28.3. The van der Waals surface area contributed by atoms with Crippen LogP contribution < -0.4 is 23.7 Å². The first kappa shape index (κ1) is 34.3. The Morgan fingerprint density at radius 1 is 0.537 bits per heavy atom. The molecule has 2 aromatic rings. The highest BCUT2D eigenvalue weighted by atomic mass is 16.5. The number of carbonyl (C=O) groups is 1. The molecule has 0 heterocycles. The Morgan fingerprint density at radius 2 is 0.951 bits per heavy atom. The summed E-state index contributed by atoms with van der Waals surface area (Å²) >= 11 is 0. The van der Waals surface area contributed by atoms with Crippen molar-refractivity contribution in [2.24, 2.45) is 0 Å². The summed E-state index contributed by atoms with van der Waals surface area (Å²) in [6.07, 6.45) is 0.652. The Hall–Kier alpha value is -2.89. The van der Waals surface area contributed by atoms with Gasteiger partial charge in [-0.25, -0.2) is 0 Å². The van der Waals surface area contributed by atoms with Gasteiger partial charge >= 0.3 is 0 Å². The predicted molar refractivity (Wildman–Crippen MR) is 167 cm³/mol. The lowest BCUT2D eigenvalue weighted by Crippen LogP contribution is -2.29. The van der Waals surface area contributed by atoms with Crippen LogP contribution in [0.25, 0.3) is 0 Å². The van der Waals surface area contributed by atoms with Crippen molar-refractivity contribution in [1.82, 2.24) is 0 Å². The molecule has 0 aromatic heterocycles. The van der Waals surface area contributed by atoms with Crippen LogP contribution >= 0.6 is 0 Å². The van der Waals surface area contributed by atoms with E-state index in [-0.39, 0.29) is 17.8 Å². The summed E-state index contributed by atoms with van der Waals surface area (Å²) in [4.78, 5) is 14.2. The Morgan fingerprint density at radius 3 is 1.44 bits per heavy atom. The molecule has 0 spiro atoms. The summed E-state index contributed by atoms with van der Waals surface area (Å²) in [5.41, 5.74) is -1.05. The second kappa shape index (κ2) is 12.1. The smallest absolute Gasteiger partial charge is 0.176 e. The van der Waals surface area contributed by atoms with Crippen LogP contribution in [0.3, 0.4) is 0 Å². The van der Waals surface area contributed by atoms with E-state index in [2.05, 4.69) is 0 Å². The van der Waals surface area contributed by atoms with Gasteiger partial charge in [0.05, 0.1) is 0 Å². The number of ketones is 1. The van der Waals surface area contributed by atoms with Crippen LogP contribution in [0.1, 0.15) is 126 Å². The van der Waals surface area contributed by atoms with E-state index in [1.54, 1.807) is 6.07 Å². The van der Waals surface area contributed by atoms with Crippen LogP contribution in [0, 0.1) is 0 Å². The molecule has 0 N–H and O–H groups in total. The lowest BCUT2D eigenvalue weighted by Gasteiger charge is -2.30. The highest BCUT2D eigenvalue weighted by molar-refractivity contribution is 6.02. The molecule has 0 aliphatic rings. The summed E-state index contributed by atoms with van der Waals surface area (Å²) in [5.74, 6) is 2.74. The van der Waals surface area contributed by atoms with E-state index in [1.165, 1.54) is 0 Å². The molecule has 6 nitrogen and oxygen atoms in total. The fraction of sp³-hybridized carbons (Fsp3) is 0.629. The number of aryl methyl sites for hydroxylation is 1. The van der Waals surface area contributed by atoms with Gasteiger partial charge in [0.2, 0.25) is 0 Å². The molecule has 230 valence electrons. The van der Waals surface area contributed by atoms with E-state index in [4.69, 9.17) is 23.7 Å². The molecule has 0 fully saturated rings. The monoisotopic (exact) mass is 570 g/mol. The first-order valence-corrected chi connectivity index (χ1v) is 14.6. The van der Waals surface area contributed by atoms with Crippen LogP contribution in [0.5, 0.6) is 28.7 Å². The predicted octanol–water partition coefficient (Wildman–Crippen LogP) is 9.39. The zero-order chi connectivity index (χ0) is 31.6. The number of ether oxygens (including phenoxy) is 5. The van der Waals surface area contributed by atoms with Crippen molar-refractivity contribution in [3.05, 3.63) is 41.5 Å². The number of rotatable bonds is 9. The van der Waals surface area contributed by atoms with Gasteiger partial charge in [-0.15, -0.1) is 0 Å². The summed E-state index contributed by atoms with van der Waals surface area (Å²) in [7, 11) is 0. The number of benzene rings is 2. The fourth-order valence-corrected chi connectivity index (χ4v) is 4.01. The number of hydrogen-bond acceptors (Lipinski definition) is 6. The normalized spacial score (nSPS) is 13.0. The number of Topliss-reactive ketones (excluding diaryl/α,β-unsaturated/α-hetero) is 1. The zero-order valence-electron chi connectivity index (χ0n) is 28.3. The Bertz CT molecular complexity index is 1190. The van der Waals surface area contributed by atoms with Gasteiger partial charge in [0.1, 0.15) is 50.8 Å². The first-order valence-electron chi connectivity index (χ1n) is 14.6. The third kappa shape index (κ3) is 12.2. The molecule has 2 aromatic carbocycles. The molecule has 0 aliphatic carbocycles. The SMILES string of the molecule is CC(C)(C)Oc1ccc(OC(C)(C)C)c(CCC(=O)c2c(OC(C)(C)C)ccc(OC(C)(C)C)c2OC(C)(C)C)c1. The van der Waals surface area contributed by atoms with Gasteiger partial charge in [0.15, 0.2) is 17.3 Å². The molecule has 0 saturated heterocycles. The van der Waals surface area contributed by atoms with Crippen LogP contribution in [0.4, 0.5) is 0 Å². The van der Waals surface area contributed by atoms with Crippen molar-refractivity contribution < 1.29 is 28.5 Å². The Balaban J connectivity index is 2.62. The van der Waals surface area contributed by atoms with E-state index in [9.17, 15) is 4.79 Å². The van der Waals surface area contributed by atoms with Crippen LogP contribution in [-0.4, -0.2) is 33.8 Å². The largest absolute Gasteiger partial charge is 0.488 e. The number of hydrogen-bond donors (Lipinski definition) is 0. The van der Waals surface area contributed by atoms with Crippen molar-refractivity contribution in [1.29, 1.82) is 0 Å². The minimum atomic E-state index is -0.572. The van der Waals surface area contributed by atoms with Gasteiger partial charge in [0.25, 0.3) is 0 Å². The maximum Gasteiger partial charge on any atom is 0.176 e. The molecular weight excluding hydrogens is 516 g/mol. The minimum Gasteiger partial charge on any atom is -0.488 e. The van der Waals surface area contributed by atoms with Gasteiger partial charge < -0.3 is 23.7 Å². The third-order valence-electron chi connectivity index (χ3n) is 5.10. The summed E-state index contributed by atoms with van der Waals surface area (Å²) < 4.78 is 31.4. The van der Waals surface area contributed by atoms with Crippen molar-refractivity contribution in [2.75, 3.05) is 0 Å². The first-order chi connectivity index (χ1) is 18.3. The van der Waals surface area contributed by atoms with Gasteiger partial charge in [-0.2, -0.15) is 0 Å². The van der Waals surface area contributed by atoms with Gasteiger partial charge in [-0.3, -0.25) is 4.79 Å². The minimum absolute atomic E-state index is 0.105. The van der Waals surface area contributed by atoms with Crippen molar-refractivity contribution >= 4 is 5.78 Å². The summed E-state index contributed by atoms with van der Waals surface area (Å²) in [6, 6.07) is 9.44. The van der Waals surface area contributed by atoms with Gasteiger partial charge in [-0.1, -0.05) is 0 Å². The summed E-state index contributed by atoms with van der Waals surface area (Å²) in [5, 5.41) is 0. The molecule has 41 heavy (non-hydrogen) atoms. The fourth-order valence-electron chi connectivity index (χ4n) is 4.01. The molecule has 2 rings (SSSR count). The Kier molecular flexibility index (Phi) is 10.2. The third-order valence-corrected chi connectivity index (χ3v) is 5.10. The van der Waals surface area contributed by atoms with E-state index >= 15 is 0 Å². The molecule has 0 amide bonds. The average Bonchev–Trinajstić information content (AvgIpc) is 2.70. The van der Waals surface area contributed by atoms with E-state index in [0.29, 0.717) is 29.2 Å². The van der Waals surface area contributed by atoms with Crippen molar-refractivity contribution in [3.63, 3.8) is 0 Å². The van der Waals surface area contributed by atoms with Crippen LogP contribution in [0.15, 0.2) is 30.3 Å². The van der Waals surface area contributed by atoms with E-state index < -0.39 is 22.4 Å². The second-order valence-corrected chi connectivity index (χ2v) is 15.5. The van der Waals surface area contributed by atoms with Gasteiger partial charge in [-0.05, 0) is 146 Å².